The van der Waals surface area contributed by atoms with Crippen molar-refractivity contribution in [2.75, 3.05) is 36.0 Å². The largest absolute Gasteiger partial charge is 0.396 e. The first kappa shape index (κ1) is 33.1. The second kappa shape index (κ2) is 14.1. The Morgan fingerprint density at radius 1 is 0.894 bits per heavy atom. The number of carbonyl (C=O) groups is 3. The van der Waals surface area contributed by atoms with E-state index in [1.807, 2.05) is 72.8 Å². The van der Waals surface area contributed by atoms with Crippen LogP contribution >= 0.6 is 15.9 Å². The van der Waals surface area contributed by atoms with Crippen molar-refractivity contribution in [1.29, 1.82) is 0 Å². The van der Waals surface area contributed by atoms with Crippen LogP contribution in [0.5, 0.6) is 0 Å². The van der Waals surface area contributed by atoms with Gasteiger partial charge in [-0.2, -0.15) is 0 Å². The van der Waals surface area contributed by atoms with Crippen LogP contribution in [0.2, 0.25) is 0 Å². The highest BCUT2D eigenvalue weighted by atomic mass is 79.9. The van der Waals surface area contributed by atoms with Gasteiger partial charge in [-0.05, 0) is 54.3 Å². The summed E-state index contributed by atoms with van der Waals surface area (Å²) in [6.45, 7) is 8.82. The van der Waals surface area contributed by atoms with E-state index in [9.17, 15) is 19.5 Å². The number of aliphatic hydroxyl groups is 1. The fourth-order valence-electron chi connectivity index (χ4n) is 7.86. The van der Waals surface area contributed by atoms with Crippen LogP contribution in [0.4, 0.5) is 11.4 Å². The Kier molecular flexibility index (Phi) is 9.96. The van der Waals surface area contributed by atoms with E-state index in [4.69, 9.17) is 4.74 Å². The molecular formula is C38H42BrN3O5. The van der Waals surface area contributed by atoms with E-state index >= 15 is 0 Å². The van der Waals surface area contributed by atoms with Gasteiger partial charge in [0.2, 0.25) is 11.8 Å². The molecule has 3 amide bonds. The molecule has 246 valence electrons. The predicted molar refractivity (Wildman–Crippen MR) is 188 cm³/mol. The molecule has 1 spiro atoms. The Hall–Kier alpha value is -3.79. The van der Waals surface area contributed by atoms with E-state index in [1.54, 1.807) is 26.9 Å². The Balaban J connectivity index is 1.40. The van der Waals surface area contributed by atoms with Crippen molar-refractivity contribution in [2.45, 2.75) is 54.7 Å². The molecule has 0 saturated carbocycles. The number of ether oxygens (including phenoxy) is 1. The molecule has 6 rings (SSSR count). The molecule has 9 heteroatoms. The van der Waals surface area contributed by atoms with Gasteiger partial charge in [-0.1, -0.05) is 89.5 Å². The molecule has 0 aromatic heterocycles. The van der Waals surface area contributed by atoms with Gasteiger partial charge >= 0.3 is 0 Å². The SMILES string of the molecule is C=CCN(C(=O)C1N(CCCCCCO)C(=O)[C@@H]2[C@@H](C(=O)N(CC=C)c3ccccc3)[C@@H]3OC12CC3Br)c1ccc2ccccc2c1. The van der Waals surface area contributed by atoms with Gasteiger partial charge in [0, 0.05) is 42.4 Å². The van der Waals surface area contributed by atoms with E-state index in [1.165, 1.54) is 0 Å². The predicted octanol–water partition coefficient (Wildman–Crippen LogP) is 5.88. The first-order valence-corrected chi connectivity index (χ1v) is 17.4. The van der Waals surface area contributed by atoms with Gasteiger partial charge < -0.3 is 24.5 Å². The smallest absolute Gasteiger partial charge is 0.253 e. The number of hydrogen-bond donors (Lipinski definition) is 1. The Morgan fingerprint density at radius 3 is 2.26 bits per heavy atom. The molecule has 3 fully saturated rings. The Bertz CT molecular complexity index is 1650. The minimum absolute atomic E-state index is 0.117. The van der Waals surface area contributed by atoms with Gasteiger partial charge in [0.05, 0.1) is 17.9 Å². The van der Waals surface area contributed by atoms with Crippen LogP contribution in [0.15, 0.2) is 98.1 Å². The molecule has 3 aromatic rings. The number of fused-ring (bicyclic) bond motifs is 2. The second-order valence-corrected chi connectivity index (χ2v) is 13.9. The Labute approximate surface area is 284 Å². The highest BCUT2D eigenvalue weighted by Gasteiger charge is 2.77. The lowest BCUT2D eigenvalue weighted by Crippen LogP contribution is -2.57. The standard InChI is InChI=1S/C38H42BrN3O5/c1-3-20-40(28-16-8-7-9-17-28)35(44)31-32-36(45)42(22-12-5-6-13-23-43)34(38(32)25-30(39)33(31)47-38)37(46)41(21-4-2)29-19-18-26-14-10-11-15-27(26)24-29/h3-4,7-11,14-19,24,30-34,43H,1-2,5-6,12-13,20-23,25H2/t30?,31-,32+,33-,34?,38?/m1/s1. The molecule has 3 heterocycles. The van der Waals surface area contributed by atoms with Crippen LogP contribution in [0, 0.1) is 11.8 Å². The van der Waals surface area contributed by atoms with Gasteiger partial charge in [-0.25, -0.2) is 0 Å². The molecule has 3 unspecified atom stereocenters. The zero-order chi connectivity index (χ0) is 33.1. The topological polar surface area (TPSA) is 90.4 Å². The summed E-state index contributed by atoms with van der Waals surface area (Å²) in [5, 5.41) is 11.3. The van der Waals surface area contributed by atoms with Gasteiger partial charge in [-0.3, -0.25) is 14.4 Å². The number of alkyl halides is 1. The zero-order valence-corrected chi connectivity index (χ0v) is 28.1. The molecule has 3 aromatic carbocycles. The normalized spacial score (nSPS) is 26.0. The Morgan fingerprint density at radius 2 is 1.55 bits per heavy atom. The maximum atomic E-state index is 15.0. The third-order valence-corrected chi connectivity index (χ3v) is 10.7. The van der Waals surface area contributed by atoms with Gasteiger partial charge in [0.1, 0.15) is 11.6 Å². The first-order valence-electron chi connectivity index (χ1n) is 16.5. The minimum Gasteiger partial charge on any atom is -0.396 e. The van der Waals surface area contributed by atoms with Crippen LogP contribution < -0.4 is 9.80 Å². The fourth-order valence-corrected chi connectivity index (χ4v) is 8.81. The monoisotopic (exact) mass is 699 g/mol. The van der Waals surface area contributed by atoms with Crippen molar-refractivity contribution in [1.82, 2.24) is 4.90 Å². The van der Waals surface area contributed by atoms with Crippen LogP contribution in [0.25, 0.3) is 10.8 Å². The summed E-state index contributed by atoms with van der Waals surface area (Å²) in [7, 11) is 0. The number of anilines is 2. The maximum absolute atomic E-state index is 15.0. The van der Waals surface area contributed by atoms with Crippen molar-refractivity contribution in [2.24, 2.45) is 11.8 Å². The molecule has 3 saturated heterocycles. The summed E-state index contributed by atoms with van der Waals surface area (Å²) < 4.78 is 6.82. The fraction of sp³-hybridized carbons (Fsp3) is 0.395. The number of para-hydroxylation sites is 1. The molecule has 1 N–H and O–H groups in total. The number of aliphatic hydroxyl groups excluding tert-OH is 1. The maximum Gasteiger partial charge on any atom is 0.253 e. The third kappa shape index (κ3) is 5.94. The van der Waals surface area contributed by atoms with Crippen molar-refractivity contribution in [3.8, 4) is 0 Å². The summed E-state index contributed by atoms with van der Waals surface area (Å²) in [4.78, 5) is 49.0. The van der Waals surface area contributed by atoms with Gasteiger partial charge in [-0.15, -0.1) is 13.2 Å². The number of likely N-dealkylation sites (tertiary alicyclic amines) is 1. The van der Waals surface area contributed by atoms with E-state index in [0.717, 1.165) is 23.6 Å². The number of carbonyl (C=O) groups excluding carboxylic acids is 3. The van der Waals surface area contributed by atoms with Gasteiger partial charge in [0.15, 0.2) is 0 Å². The molecule has 47 heavy (non-hydrogen) atoms. The number of hydrogen-bond acceptors (Lipinski definition) is 5. The highest BCUT2D eigenvalue weighted by molar-refractivity contribution is 9.09. The number of amides is 3. The molecule has 3 aliphatic heterocycles. The van der Waals surface area contributed by atoms with Gasteiger partial charge in [0.25, 0.3) is 5.91 Å². The van der Waals surface area contributed by atoms with E-state index in [2.05, 4.69) is 29.1 Å². The van der Waals surface area contributed by atoms with Crippen molar-refractivity contribution >= 4 is 55.8 Å². The summed E-state index contributed by atoms with van der Waals surface area (Å²) >= 11 is 3.81. The minimum atomic E-state index is -1.18. The van der Waals surface area contributed by atoms with Crippen molar-refractivity contribution in [3.63, 3.8) is 0 Å². The summed E-state index contributed by atoms with van der Waals surface area (Å²) in [5.41, 5.74) is 0.249. The van der Waals surface area contributed by atoms with E-state index in [-0.39, 0.29) is 42.2 Å². The lowest BCUT2D eigenvalue weighted by atomic mass is 9.70. The van der Waals surface area contributed by atoms with Crippen molar-refractivity contribution < 1.29 is 24.2 Å². The zero-order valence-electron chi connectivity index (χ0n) is 26.5. The average Bonchev–Trinajstić information content (AvgIpc) is 3.68. The molecule has 0 radical (unpaired) electrons. The average molecular weight is 701 g/mol. The summed E-state index contributed by atoms with van der Waals surface area (Å²) in [5.74, 6) is -2.25. The molecule has 0 aliphatic carbocycles. The molecule has 8 nitrogen and oxygen atoms in total. The van der Waals surface area contributed by atoms with Crippen LogP contribution in [0.3, 0.4) is 0 Å². The van der Waals surface area contributed by atoms with Crippen LogP contribution in [0.1, 0.15) is 32.1 Å². The lowest BCUT2D eigenvalue weighted by Gasteiger charge is -2.37. The third-order valence-electron chi connectivity index (χ3n) is 9.88. The quantitative estimate of drug-likeness (QED) is 0.129. The molecule has 3 aliphatic rings. The first-order chi connectivity index (χ1) is 22.9. The molecular weight excluding hydrogens is 658 g/mol. The summed E-state index contributed by atoms with van der Waals surface area (Å²) in [6.07, 6.45) is 6.21. The van der Waals surface area contributed by atoms with Crippen LogP contribution in [-0.2, 0) is 19.1 Å². The number of nitrogens with zero attached hydrogens (tertiary/aromatic N) is 3. The number of unbranched alkanes of at least 4 members (excludes halogenated alkanes) is 3. The number of benzene rings is 3. The van der Waals surface area contributed by atoms with E-state index in [0.29, 0.717) is 37.2 Å². The highest BCUT2D eigenvalue weighted by Crippen LogP contribution is 2.60. The lowest BCUT2D eigenvalue weighted by molar-refractivity contribution is -0.140. The van der Waals surface area contributed by atoms with Crippen LogP contribution in [-0.4, -0.2) is 76.5 Å². The number of halogens is 1. The van der Waals surface area contributed by atoms with E-state index < -0.39 is 29.6 Å². The molecule has 6 atom stereocenters. The summed E-state index contributed by atoms with van der Waals surface area (Å²) in [6, 6.07) is 22.4. The second-order valence-electron chi connectivity index (χ2n) is 12.7. The number of rotatable bonds is 14. The van der Waals surface area contributed by atoms with Crippen molar-refractivity contribution in [3.05, 3.63) is 98.1 Å². The molecule has 2 bridgehead atoms.